The molecule has 1 aromatic rings. The van der Waals surface area contributed by atoms with Crippen LogP contribution in [0.2, 0.25) is 0 Å². The number of nitrogens with one attached hydrogen (secondary N) is 1. The molecule has 1 N–H and O–H groups in total. The van der Waals surface area contributed by atoms with Crippen molar-refractivity contribution in [1.29, 1.82) is 0 Å². The smallest absolute Gasteiger partial charge is 0.226 e. The van der Waals surface area contributed by atoms with E-state index in [-0.39, 0.29) is 12.0 Å². The molecule has 0 aromatic carbocycles. The summed E-state index contributed by atoms with van der Waals surface area (Å²) < 4.78 is 0. The number of H-pyrrole nitrogens is 1. The van der Waals surface area contributed by atoms with Gasteiger partial charge in [0, 0.05) is 24.4 Å². The average Bonchev–Trinajstić information content (AvgIpc) is 3.01. The van der Waals surface area contributed by atoms with Crippen LogP contribution in [0.5, 0.6) is 0 Å². The number of aromatic nitrogens is 1. The number of nitrogens with zero attached hydrogens (tertiary/aromatic N) is 1. The van der Waals surface area contributed by atoms with Crippen LogP contribution in [0.15, 0.2) is 18.3 Å². The van der Waals surface area contributed by atoms with Crippen LogP contribution >= 0.6 is 0 Å². The molecule has 0 spiro atoms. The molecule has 0 bridgehead atoms. The number of hydrogen-bond acceptors (Lipinski definition) is 1. The Morgan fingerprint density at radius 3 is 2.88 bits per heavy atom. The van der Waals surface area contributed by atoms with E-state index in [4.69, 9.17) is 0 Å². The Kier molecular flexibility index (Phi) is 3.87. The first kappa shape index (κ1) is 12.2. The zero-order valence-corrected chi connectivity index (χ0v) is 10.8. The van der Waals surface area contributed by atoms with Gasteiger partial charge in [0.1, 0.15) is 0 Å². The third kappa shape index (κ3) is 2.38. The van der Waals surface area contributed by atoms with Crippen LogP contribution in [0.4, 0.5) is 0 Å². The van der Waals surface area contributed by atoms with Gasteiger partial charge in [-0.05, 0) is 37.8 Å². The van der Waals surface area contributed by atoms with Crippen molar-refractivity contribution in [3.8, 4) is 0 Å². The highest BCUT2D eigenvalue weighted by molar-refractivity contribution is 5.79. The van der Waals surface area contributed by atoms with Crippen molar-refractivity contribution in [1.82, 2.24) is 9.88 Å². The van der Waals surface area contributed by atoms with Crippen molar-refractivity contribution in [3.05, 3.63) is 24.0 Å². The third-order valence-corrected chi connectivity index (χ3v) is 3.85. The highest BCUT2D eigenvalue weighted by atomic mass is 16.2. The van der Waals surface area contributed by atoms with Crippen LogP contribution in [0, 0.1) is 5.92 Å². The lowest BCUT2D eigenvalue weighted by molar-refractivity contribution is -0.136. The molecule has 3 heteroatoms. The van der Waals surface area contributed by atoms with Gasteiger partial charge in [0.2, 0.25) is 5.91 Å². The maximum absolute atomic E-state index is 12.4. The molecule has 1 saturated heterocycles. The van der Waals surface area contributed by atoms with E-state index in [9.17, 15) is 4.79 Å². The van der Waals surface area contributed by atoms with Crippen LogP contribution in [-0.2, 0) is 4.79 Å². The van der Waals surface area contributed by atoms with Gasteiger partial charge in [0.05, 0.1) is 6.04 Å². The summed E-state index contributed by atoms with van der Waals surface area (Å²) in [7, 11) is 0. The number of amides is 1. The lowest BCUT2D eigenvalue weighted by Crippen LogP contribution is -2.35. The highest BCUT2D eigenvalue weighted by Gasteiger charge is 2.32. The second-order valence-electron chi connectivity index (χ2n) is 4.83. The molecule has 0 saturated carbocycles. The Hall–Kier alpha value is -1.25. The van der Waals surface area contributed by atoms with Gasteiger partial charge < -0.3 is 9.88 Å². The van der Waals surface area contributed by atoms with Crippen molar-refractivity contribution in [2.45, 2.75) is 45.6 Å². The molecule has 1 aliphatic rings. The first-order chi connectivity index (χ1) is 8.27. The molecular formula is C14H22N2O. The van der Waals surface area contributed by atoms with E-state index in [1.165, 1.54) is 5.69 Å². The summed E-state index contributed by atoms with van der Waals surface area (Å²) in [6.45, 7) is 5.12. The SMILES string of the molecule is CCC(CC)C(=O)N1CCCC1c1ccc[nH]1. The van der Waals surface area contributed by atoms with Crippen molar-refractivity contribution >= 4 is 5.91 Å². The third-order valence-electron chi connectivity index (χ3n) is 3.85. The van der Waals surface area contributed by atoms with E-state index < -0.39 is 0 Å². The minimum absolute atomic E-state index is 0.200. The first-order valence-electron chi connectivity index (χ1n) is 6.71. The number of carbonyl (C=O) groups is 1. The number of carbonyl (C=O) groups excluding carboxylic acids is 1. The van der Waals surface area contributed by atoms with Crippen molar-refractivity contribution in [3.63, 3.8) is 0 Å². The summed E-state index contributed by atoms with van der Waals surface area (Å²) in [6, 6.07) is 4.37. The molecule has 94 valence electrons. The molecule has 1 aliphatic heterocycles. The molecule has 1 amide bonds. The van der Waals surface area contributed by atoms with Gasteiger partial charge in [-0.25, -0.2) is 0 Å². The van der Waals surface area contributed by atoms with E-state index in [0.29, 0.717) is 5.91 Å². The number of rotatable bonds is 4. The van der Waals surface area contributed by atoms with Gasteiger partial charge in [-0.1, -0.05) is 13.8 Å². The zero-order chi connectivity index (χ0) is 12.3. The standard InChI is InChI=1S/C14H22N2O/c1-3-11(4-2)14(17)16-10-6-8-13(16)12-7-5-9-15-12/h5,7,9,11,13,15H,3-4,6,8,10H2,1-2H3. The molecular weight excluding hydrogens is 212 g/mol. The van der Waals surface area contributed by atoms with Crippen LogP contribution in [0.25, 0.3) is 0 Å². The summed E-state index contributed by atoms with van der Waals surface area (Å²) in [5, 5.41) is 0. The monoisotopic (exact) mass is 234 g/mol. The fourth-order valence-electron chi connectivity index (χ4n) is 2.78. The van der Waals surface area contributed by atoms with Gasteiger partial charge >= 0.3 is 0 Å². The lowest BCUT2D eigenvalue weighted by Gasteiger charge is -2.27. The quantitative estimate of drug-likeness (QED) is 0.853. The highest BCUT2D eigenvalue weighted by Crippen LogP contribution is 2.32. The van der Waals surface area contributed by atoms with E-state index in [1.54, 1.807) is 0 Å². The molecule has 3 nitrogen and oxygen atoms in total. The minimum Gasteiger partial charge on any atom is -0.363 e. The van der Waals surface area contributed by atoms with Gasteiger partial charge in [0.15, 0.2) is 0 Å². The normalized spacial score (nSPS) is 20.2. The van der Waals surface area contributed by atoms with E-state index in [2.05, 4.69) is 29.8 Å². The van der Waals surface area contributed by atoms with Gasteiger partial charge in [-0.3, -0.25) is 4.79 Å². The van der Waals surface area contributed by atoms with E-state index >= 15 is 0 Å². The topological polar surface area (TPSA) is 36.1 Å². The second-order valence-corrected chi connectivity index (χ2v) is 4.83. The molecule has 1 fully saturated rings. The Morgan fingerprint density at radius 2 is 2.29 bits per heavy atom. The Morgan fingerprint density at radius 1 is 1.53 bits per heavy atom. The summed E-state index contributed by atoms with van der Waals surface area (Å²) >= 11 is 0. The van der Waals surface area contributed by atoms with Gasteiger partial charge in [0.25, 0.3) is 0 Å². The summed E-state index contributed by atoms with van der Waals surface area (Å²) in [5.74, 6) is 0.540. The molecule has 2 heterocycles. The number of aromatic amines is 1. The second kappa shape index (κ2) is 5.39. The molecule has 1 unspecified atom stereocenters. The summed E-state index contributed by atoms with van der Waals surface area (Å²) in [4.78, 5) is 17.7. The average molecular weight is 234 g/mol. The molecule has 0 aliphatic carbocycles. The molecule has 17 heavy (non-hydrogen) atoms. The predicted molar refractivity (Wildman–Crippen MR) is 68.6 cm³/mol. The molecule has 0 radical (unpaired) electrons. The van der Waals surface area contributed by atoms with Crippen LogP contribution in [0.3, 0.4) is 0 Å². The lowest BCUT2D eigenvalue weighted by atomic mass is 10.0. The maximum atomic E-state index is 12.4. The van der Waals surface area contributed by atoms with Crippen LogP contribution in [-0.4, -0.2) is 22.3 Å². The van der Waals surface area contributed by atoms with Crippen molar-refractivity contribution < 1.29 is 4.79 Å². The largest absolute Gasteiger partial charge is 0.363 e. The van der Waals surface area contributed by atoms with Crippen LogP contribution in [0.1, 0.15) is 51.3 Å². The maximum Gasteiger partial charge on any atom is 0.226 e. The minimum atomic E-state index is 0.200. The summed E-state index contributed by atoms with van der Waals surface area (Å²) in [5.41, 5.74) is 1.18. The van der Waals surface area contributed by atoms with E-state index in [0.717, 1.165) is 32.2 Å². The van der Waals surface area contributed by atoms with Gasteiger partial charge in [-0.15, -0.1) is 0 Å². The molecule has 1 aromatic heterocycles. The molecule has 2 rings (SSSR count). The first-order valence-corrected chi connectivity index (χ1v) is 6.71. The Bertz CT molecular complexity index is 354. The Balaban J connectivity index is 2.12. The van der Waals surface area contributed by atoms with Crippen LogP contribution < -0.4 is 0 Å². The van der Waals surface area contributed by atoms with Gasteiger partial charge in [-0.2, -0.15) is 0 Å². The zero-order valence-electron chi connectivity index (χ0n) is 10.8. The van der Waals surface area contributed by atoms with Crippen molar-refractivity contribution in [2.24, 2.45) is 5.92 Å². The Labute approximate surface area is 103 Å². The molecule has 1 atom stereocenters. The number of likely N-dealkylation sites (tertiary alicyclic amines) is 1. The summed E-state index contributed by atoms with van der Waals surface area (Å²) in [6.07, 6.45) is 6.04. The van der Waals surface area contributed by atoms with E-state index in [1.807, 2.05) is 12.3 Å². The fraction of sp³-hybridized carbons (Fsp3) is 0.643. The predicted octanol–water partition coefficient (Wildman–Crippen LogP) is 3.11. The van der Waals surface area contributed by atoms with Crippen molar-refractivity contribution in [2.75, 3.05) is 6.54 Å². The fourth-order valence-corrected chi connectivity index (χ4v) is 2.78. The number of hydrogen-bond donors (Lipinski definition) is 1.